The molecule has 0 bridgehead atoms. The molecule has 0 radical (unpaired) electrons. The van der Waals surface area contributed by atoms with E-state index in [1.165, 1.54) is 6.92 Å². The first-order chi connectivity index (χ1) is 6.40. The van der Waals surface area contributed by atoms with Crippen molar-refractivity contribution in [3.63, 3.8) is 0 Å². The average Bonchev–Trinajstić information content (AvgIpc) is 2.11. The Bertz CT molecular complexity index is 217. The van der Waals surface area contributed by atoms with Crippen molar-refractivity contribution in [2.24, 2.45) is 5.73 Å². The summed E-state index contributed by atoms with van der Waals surface area (Å²) < 4.78 is 0. The average molecular weight is 204 g/mol. The largest absolute Gasteiger partial charge is 0.480 e. The molecule has 0 aromatic heterocycles. The monoisotopic (exact) mass is 204 g/mol. The maximum Gasteiger partial charge on any atom is 0.328 e. The van der Waals surface area contributed by atoms with Crippen molar-refractivity contribution in [2.75, 3.05) is 0 Å². The molecule has 82 valence electrons. The van der Waals surface area contributed by atoms with Crippen molar-refractivity contribution >= 4 is 11.9 Å². The molecular formula is C8H16N2O4. The van der Waals surface area contributed by atoms with E-state index in [4.69, 9.17) is 15.9 Å². The second kappa shape index (κ2) is 5.56. The smallest absolute Gasteiger partial charge is 0.328 e. The van der Waals surface area contributed by atoms with Gasteiger partial charge in [-0.3, -0.25) is 4.79 Å². The summed E-state index contributed by atoms with van der Waals surface area (Å²) in [6, 6.07) is -2.05. The lowest BCUT2D eigenvalue weighted by Crippen LogP contribution is -2.52. The summed E-state index contributed by atoms with van der Waals surface area (Å²) in [6.45, 7) is 3.00. The first-order valence-corrected chi connectivity index (χ1v) is 4.37. The highest BCUT2D eigenvalue weighted by Crippen LogP contribution is 1.95. The van der Waals surface area contributed by atoms with Gasteiger partial charge in [-0.25, -0.2) is 4.79 Å². The summed E-state index contributed by atoms with van der Waals surface area (Å²) in [6.07, 6.45) is -0.738. The zero-order valence-electron chi connectivity index (χ0n) is 8.23. The third-order valence-corrected chi connectivity index (χ3v) is 1.82. The number of amides is 1. The Hall–Kier alpha value is -1.14. The fourth-order valence-electron chi connectivity index (χ4n) is 0.834. The van der Waals surface area contributed by atoms with E-state index >= 15 is 0 Å². The highest BCUT2D eigenvalue weighted by Gasteiger charge is 2.26. The van der Waals surface area contributed by atoms with Crippen molar-refractivity contribution < 1.29 is 19.8 Å². The lowest BCUT2D eigenvalue weighted by molar-refractivity contribution is -0.145. The van der Waals surface area contributed by atoms with E-state index in [0.717, 1.165) is 0 Å². The first-order valence-electron chi connectivity index (χ1n) is 4.37. The molecule has 6 nitrogen and oxygen atoms in total. The number of nitrogens with one attached hydrogen (secondary N) is 1. The van der Waals surface area contributed by atoms with Crippen LogP contribution in [0, 0.1) is 0 Å². The van der Waals surface area contributed by atoms with Crippen LogP contribution in [0.5, 0.6) is 0 Å². The summed E-state index contributed by atoms with van der Waals surface area (Å²) in [5, 5.41) is 19.8. The van der Waals surface area contributed by atoms with Crippen LogP contribution in [0.25, 0.3) is 0 Å². The lowest BCUT2D eigenvalue weighted by Gasteiger charge is -2.18. The number of hydrogen-bond acceptors (Lipinski definition) is 4. The molecule has 6 heteroatoms. The van der Waals surface area contributed by atoms with Gasteiger partial charge in [0, 0.05) is 0 Å². The molecule has 1 amide bonds. The fourth-order valence-corrected chi connectivity index (χ4v) is 0.834. The Balaban J connectivity index is 4.31. The van der Waals surface area contributed by atoms with Gasteiger partial charge >= 0.3 is 5.97 Å². The van der Waals surface area contributed by atoms with Crippen LogP contribution in [0.15, 0.2) is 0 Å². The van der Waals surface area contributed by atoms with Crippen LogP contribution >= 0.6 is 0 Å². The van der Waals surface area contributed by atoms with Gasteiger partial charge in [-0.2, -0.15) is 0 Å². The third-order valence-electron chi connectivity index (χ3n) is 1.82. The number of carbonyl (C=O) groups is 2. The number of aliphatic hydroxyl groups excluding tert-OH is 1. The Morgan fingerprint density at radius 2 is 2.00 bits per heavy atom. The molecular weight excluding hydrogens is 188 g/mol. The minimum absolute atomic E-state index is 0.415. The van der Waals surface area contributed by atoms with Crippen molar-refractivity contribution in [3.8, 4) is 0 Å². The summed E-state index contributed by atoms with van der Waals surface area (Å²) in [5.74, 6) is -1.85. The minimum Gasteiger partial charge on any atom is -0.480 e. The molecule has 0 aromatic rings. The van der Waals surface area contributed by atoms with E-state index in [0.29, 0.717) is 6.42 Å². The van der Waals surface area contributed by atoms with Gasteiger partial charge in [0.1, 0.15) is 0 Å². The summed E-state index contributed by atoms with van der Waals surface area (Å²) >= 11 is 0. The van der Waals surface area contributed by atoms with Gasteiger partial charge in [0.15, 0.2) is 6.04 Å². The number of aliphatic hydroxyl groups is 1. The van der Waals surface area contributed by atoms with Crippen LogP contribution < -0.4 is 11.1 Å². The van der Waals surface area contributed by atoms with Gasteiger partial charge < -0.3 is 21.3 Å². The zero-order chi connectivity index (χ0) is 11.3. The standard InChI is InChI=1S/C8H16N2O4/c1-3-5(9)7(12)10-6(4(2)11)8(13)14/h4-6,11H,3,9H2,1-2H3,(H,10,12)(H,13,14)/t4?,5-,6?/m1/s1. The van der Waals surface area contributed by atoms with Crippen LogP contribution in [0.2, 0.25) is 0 Å². The van der Waals surface area contributed by atoms with Gasteiger partial charge in [0.05, 0.1) is 12.1 Å². The Kier molecular flexibility index (Phi) is 5.11. The Morgan fingerprint density at radius 3 is 2.29 bits per heavy atom. The predicted octanol–water partition coefficient (Wildman–Crippen LogP) is -1.33. The first kappa shape index (κ1) is 12.9. The van der Waals surface area contributed by atoms with Crippen LogP contribution in [-0.4, -0.2) is 40.3 Å². The Morgan fingerprint density at radius 1 is 1.50 bits per heavy atom. The van der Waals surface area contributed by atoms with Gasteiger partial charge in [0.2, 0.25) is 5.91 Å². The molecule has 0 heterocycles. The molecule has 5 N–H and O–H groups in total. The number of rotatable bonds is 5. The van der Waals surface area contributed by atoms with Crippen molar-refractivity contribution in [1.82, 2.24) is 5.32 Å². The maximum absolute atomic E-state index is 11.2. The van der Waals surface area contributed by atoms with Gasteiger partial charge in [-0.05, 0) is 13.3 Å². The minimum atomic E-state index is -1.31. The highest BCUT2D eigenvalue weighted by atomic mass is 16.4. The number of carboxylic acid groups (broad SMARTS) is 1. The van der Waals surface area contributed by atoms with Gasteiger partial charge in [-0.15, -0.1) is 0 Å². The molecule has 14 heavy (non-hydrogen) atoms. The summed E-state index contributed by atoms with van der Waals surface area (Å²) in [7, 11) is 0. The molecule has 0 spiro atoms. The van der Waals surface area contributed by atoms with E-state index in [1.54, 1.807) is 6.92 Å². The molecule has 0 aliphatic heterocycles. The van der Waals surface area contributed by atoms with Gasteiger partial charge in [-0.1, -0.05) is 6.92 Å². The molecule has 0 fully saturated rings. The number of hydrogen-bond donors (Lipinski definition) is 4. The molecule has 3 atom stereocenters. The fraction of sp³-hybridized carbons (Fsp3) is 0.750. The number of carbonyl (C=O) groups excluding carboxylic acids is 1. The van der Waals surface area contributed by atoms with Crippen LogP contribution in [0.4, 0.5) is 0 Å². The lowest BCUT2D eigenvalue weighted by atomic mass is 10.1. The summed E-state index contributed by atoms with van der Waals surface area (Å²) in [5.41, 5.74) is 5.38. The van der Waals surface area contributed by atoms with Gasteiger partial charge in [0.25, 0.3) is 0 Å². The Labute approximate surface area is 82.1 Å². The van der Waals surface area contributed by atoms with E-state index < -0.39 is 30.1 Å². The molecule has 0 saturated carbocycles. The second-order valence-corrected chi connectivity index (χ2v) is 3.08. The van der Waals surface area contributed by atoms with Crippen molar-refractivity contribution in [2.45, 2.75) is 38.5 Å². The number of nitrogens with two attached hydrogens (primary N) is 1. The SMILES string of the molecule is CC[C@@H](N)C(=O)NC(C(=O)O)C(C)O. The predicted molar refractivity (Wildman–Crippen MR) is 49.5 cm³/mol. The molecule has 2 unspecified atom stereocenters. The third kappa shape index (κ3) is 3.71. The van der Waals surface area contributed by atoms with E-state index in [2.05, 4.69) is 5.32 Å². The summed E-state index contributed by atoms with van der Waals surface area (Å²) in [4.78, 5) is 21.8. The topological polar surface area (TPSA) is 113 Å². The number of carboxylic acids is 1. The maximum atomic E-state index is 11.2. The van der Waals surface area contributed by atoms with E-state index in [-0.39, 0.29) is 0 Å². The van der Waals surface area contributed by atoms with Crippen LogP contribution in [-0.2, 0) is 9.59 Å². The molecule has 0 rings (SSSR count). The van der Waals surface area contributed by atoms with Crippen molar-refractivity contribution in [3.05, 3.63) is 0 Å². The van der Waals surface area contributed by atoms with E-state index in [1.807, 2.05) is 0 Å². The number of aliphatic carboxylic acids is 1. The van der Waals surface area contributed by atoms with Crippen LogP contribution in [0.1, 0.15) is 20.3 Å². The second-order valence-electron chi connectivity index (χ2n) is 3.08. The highest BCUT2D eigenvalue weighted by molar-refractivity contribution is 5.87. The van der Waals surface area contributed by atoms with Crippen LogP contribution in [0.3, 0.4) is 0 Å². The molecule has 0 aliphatic carbocycles. The molecule has 0 aliphatic rings. The molecule has 0 aromatic carbocycles. The normalized spacial score (nSPS) is 16.9. The van der Waals surface area contributed by atoms with Crippen molar-refractivity contribution in [1.29, 1.82) is 0 Å². The van der Waals surface area contributed by atoms with E-state index in [9.17, 15) is 9.59 Å². The quantitative estimate of drug-likeness (QED) is 0.443. The molecule has 0 saturated heterocycles. The zero-order valence-corrected chi connectivity index (χ0v) is 8.23.